The van der Waals surface area contributed by atoms with Crippen LogP contribution < -0.4 is 15.4 Å². The summed E-state index contributed by atoms with van der Waals surface area (Å²) in [6.07, 6.45) is -0.224. The molecular formula is C27H28F2N6O3S. The molecule has 3 N–H and O–H groups in total. The average molecular weight is 555 g/mol. The van der Waals surface area contributed by atoms with Gasteiger partial charge < -0.3 is 15.4 Å². The fraction of sp³-hybridized carbons (Fsp3) is 0.296. The second kappa shape index (κ2) is 11.6. The molecule has 0 saturated carbocycles. The molecule has 2 aromatic carbocycles. The highest BCUT2D eigenvalue weighted by atomic mass is 32.2. The van der Waals surface area contributed by atoms with Crippen LogP contribution in [-0.2, 0) is 15.6 Å². The number of nitrogens with zero attached hydrogens (tertiary/aromatic N) is 4. The first-order chi connectivity index (χ1) is 18.8. The van der Waals surface area contributed by atoms with Gasteiger partial charge in [-0.2, -0.15) is 0 Å². The zero-order chi connectivity index (χ0) is 27.5. The van der Waals surface area contributed by atoms with E-state index in [0.717, 1.165) is 10.9 Å². The summed E-state index contributed by atoms with van der Waals surface area (Å²) in [5.74, 6) is 0.895. The van der Waals surface area contributed by atoms with Crippen molar-refractivity contribution >= 4 is 33.4 Å². The minimum absolute atomic E-state index is 0.120. The maximum Gasteiger partial charge on any atom is 0.201 e. The summed E-state index contributed by atoms with van der Waals surface area (Å²) < 4.78 is 59.7. The first-order valence-corrected chi connectivity index (χ1v) is 13.7. The van der Waals surface area contributed by atoms with Crippen LogP contribution in [0, 0.1) is 12.7 Å². The number of fused-ring (bicyclic) bond motifs is 1. The van der Waals surface area contributed by atoms with Crippen LogP contribution in [0.15, 0.2) is 48.7 Å². The van der Waals surface area contributed by atoms with Gasteiger partial charge in [-0.05, 0) is 48.7 Å². The molecule has 2 aromatic heterocycles. The van der Waals surface area contributed by atoms with E-state index < -0.39 is 22.9 Å². The molecule has 0 radical (unpaired) electrons. The van der Waals surface area contributed by atoms with Crippen molar-refractivity contribution in [3.8, 4) is 22.5 Å². The van der Waals surface area contributed by atoms with Crippen molar-refractivity contribution in [2.75, 3.05) is 43.5 Å². The largest absolute Gasteiger partial charge is 0.384 e. The van der Waals surface area contributed by atoms with Crippen LogP contribution in [0.3, 0.4) is 0 Å². The number of morpholine rings is 1. The van der Waals surface area contributed by atoms with Crippen LogP contribution in [0.4, 0.5) is 20.4 Å². The van der Waals surface area contributed by atoms with Crippen molar-refractivity contribution in [2.45, 2.75) is 19.5 Å². The smallest absolute Gasteiger partial charge is 0.201 e. The molecule has 9 nitrogen and oxygen atoms in total. The Labute approximate surface area is 226 Å². The number of thiol groups is 1. The van der Waals surface area contributed by atoms with Crippen LogP contribution >= 0.6 is 0 Å². The second-order valence-corrected chi connectivity index (χ2v) is 10.1. The number of hydrogen-bond acceptors (Lipinski definition) is 8. The molecule has 1 aliphatic heterocycles. The van der Waals surface area contributed by atoms with Gasteiger partial charge in [-0.15, -0.1) is 0 Å². The lowest BCUT2D eigenvalue weighted by Crippen LogP contribution is -2.37. The SMILES string of the molecule is Cc1cc(-c2cccc(C(F)CCN[SH](=O)=O)c2F)cc2c(N3CCOCC3)nc(-c3ccc(N)nc3)nc12. The fourth-order valence-corrected chi connectivity index (χ4v) is 4.99. The number of nitrogen functional groups attached to an aromatic ring is 1. The van der Waals surface area contributed by atoms with Gasteiger partial charge in [0.2, 0.25) is 10.9 Å². The van der Waals surface area contributed by atoms with Crippen molar-refractivity contribution in [1.82, 2.24) is 19.7 Å². The summed E-state index contributed by atoms with van der Waals surface area (Å²) >= 11 is 0. The molecule has 1 unspecified atom stereocenters. The summed E-state index contributed by atoms with van der Waals surface area (Å²) in [5, 5.41) is 0.740. The van der Waals surface area contributed by atoms with Crippen LogP contribution in [0.2, 0.25) is 0 Å². The van der Waals surface area contributed by atoms with Gasteiger partial charge in [-0.3, -0.25) is 0 Å². The number of anilines is 2. The lowest BCUT2D eigenvalue weighted by Gasteiger charge is -2.29. The lowest BCUT2D eigenvalue weighted by atomic mass is 9.96. The number of alkyl halides is 1. The highest BCUT2D eigenvalue weighted by Gasteiger charge is 2.22. The zero-order valence-corrected chi connectivity index (χ0v) is 22.1. The molecule has 204 valence electrons. The Bertz CT molecular complexity index is 1570. The number of benzene rings is 2. The monoisotopic (exact) mass is 554 g/mol. The van der Waals surface area contributed by atoms with Gasteiger partial charge in [0, 0.05) is 47.9 Å². The predicted octanol–water partition coefficient (Wildman–Crippen LogP) is 3.74. The third-order valence-corrected chi connectivity index (χ3v) is 7.12. The number of aromatic nitrogens is 3. The van der Waals surface area contributed by atoms with Gasteiger partial charge in [0.05, 0.1) is 18.7 Å². The van der Waals surface area contributed by atoms with Crippen LogP contribution in [0.5, 0.6) is 0 Å². The van der Waals surface area contributed by atoms with E-state index in [1.54, 1.807) is 24.4 Å². The highest BCUT2D eigenvalue weighted by molar-refractivity contribution is 7.70. The lowest BCUT2D eigenvalue weighted by molar-refractivity contribution is 0.122. The van der Waals surface area contributed by atoms with Crippen LogP contribution in [0.25, 0.3) is 33.4 Å². The van der Waals surface area contributed by atoms with E-state index in [-0.39, 0.29) is 24.1 Å². The molecule has 1 atom stereocenters. The first kappa shape index (κ1) is 26.9. The van der Waals surface area contributed by atoms with E-state index in [4.69, 9.17) is 20.4 Å². The molecule has 4 aromatic rings. The van der Waals surface area contributed by atoms with Gasteiger partial charge >= 0.3 is 0 Å². The molecule has 1 aliphatic rings. The Hall–Kier alpha value is -3.74. The molecule has 0 amide bonds. The number of nitrogens with one attached hydrogen (secondary N) is 1. The van der Waals surface area contributed by atoms with Crippen molar-refractivity contribution < 1.29 is 21.9 Å². The zero-order valence-electron chi connectivity index (χ0n) is 21.2. The van der Waals surface area contributed by atoms with Gasteiger partial charge in [-0.25, -0.2) is 36.9 Å². The Morgan fingerprint density at radius 2 is 1.92 bits per heavy atom. The third-order valence-electron chi connectivity index (χ3n) is 6.64. The summed E-state index contributed by atoms with van der Waals surface area (Å²) in [4.78, 5) is 16.0. The summed E-state index contributed by atoms with van der Waals surface area (Å²) in [7, 11) is -2.84. The normalized spacial score (nSPS) is 14.7. The van der Waals surface area contributed by atoms with E-state index in [9.17, 15) is 12.8 Å². The number of hydrogen-bond donors (Lipinski definition) is 3. The number of halogens is 2. The summed E-state index contributed by atoms with van der Waals surface area (Å²) in [6.45, 7) is 4.13. The van der Waals surface area contributed by atoms with Gasteiger partial charge in [-0.1, -0.05) is 18.2 Å². The molecule has 5 rings (SSSR count). The van der Waals surface area contributed by atoms with E-state index in [1.807, 2.05) is 25.1 Å². The standard InChI is InChI=1S/C27H28F2N6O3S/c1-16-13-18(19-3-2-4-20(24(19)29)22(28)7-8-32-39(36)37)14-21-25(16)33-26(17-5-6-23(30)31-15-17)34-27(21)35-9-11-38-12-10-35/h2-6,13-15,22,39H,7-12H2,1H3,(H2,30,31)(H,32,36,37). The molecule has 12 heteroatoms. The van der Waals surface area contributed by atoms with Crippen LogP contribution in [-0.4, -0.2) is 56.2 Å². The molecule has 0 bridgehead atoms. The van der Waals surface area contributed by atoms with E-state index in [2.05, 4.69) is 14.6 Å². The number of ether oxygens (including phenoxy) is 1. The Morgan fingerprint density at radius 1 is 1.13 bits per heavy atom. The second-order valence-electron chi connectivity index (χ2n) is 9.26. The maximum atomic E-state index is 15.6. The van der Waals surface area contributed by atoms with Crippen molar-refractivity contribution in [1.29, 1.82) is 0 Å². The fourth-order valence-electron chi connectivity index (χ4n) is 4.68. The number of aryl methyl sites for hydroxylation is 1. The molecule has 0 spiro atoms. The van der Waals surface area contributed by atoms with E-state index in [0.29, 0.717) is 60.4 Å². The predicted molar refractivity (Wildman–Crippen MR) is 147 cm³/mol. The number of pyridine rings is 1. The van der Waals surface area contributed by atoms with Gasteiger partial charge in [0.1, 0.15) is 23.6 Å². The molecule has 39 heavy (non-hydrogen) atoms. The van der Waals surface area contributed by atoms with E-state index in [1.165, 1.54) is 6.07 Å². The van der Waals surface area contributed by atoms with Gasteiger partial charge in [0.25, 0.3) is 0 Å². The molecule has 1 saturated heterocycles. The maximum absolute atomic E-state index is 15.6. The Balaban J connectivity index is 1.61. The van der Waals surface area contributed by atoms with Crippen molar-refractivity contribution in [2.24, 2.45) is 0 Å². The molecule has 0 aliphatic carbocycles. The minimum Gasteiger partial charge on any atom is -0.384 e. The average Bonchev–Trinajstić information content (AvgIpc) is 2.93. The van der Waals surface area contributed by atoms with Crippen molar-refractivity contribution in [3.05, 3.63) is 65.6 Å². The van der Waals surface area contributed by atoms with Gasteiger partial charge in [0.15, 0.2) is 5.82 Å². The quantitative estimate of drug-likeness (QED) is 0.282. The number of rotatable bonds is 8. The Morgan fingerprint density at radius 3 is 2.64 bits per heavy atom. The molecular weight excluding hydrogens is 526 g/mol. The third kappa shape index (κ3) is 5.82. The van der Waals surface area contributed by atoms with E-state index >= 15 is 4.39 Å². The first-order valence-electron chi connectivity index (χ1n) is 12.5. The minimum atomic E-state index is -2.84. The van der Waals surface area contributed by atoms with Crippen LogP contribution in [0.1, 0.15) is 23.7 Å². The Kier molecular flexibility index (Phi) is 7.96. The number of nitrogens with two attached hydrogens (primary N) is 1. The molecule has 1 fully saturated rings. The van der Waals surface area contributed by atoms with Crippen molar-refractivity contribution in [3.63, 3.8) is 0 Å². The summed E-state index contributed by atoms with van der Waals surface area (Å²) in [6, 6.07) is 11.7. The highest BCUT2D eigenvalue weighted by Crippen LogP contribution is 2.36. The topological polar surface area (TPSA) is 123 Å². The summed E-state index contributed by atoms with van der Waals surface area (Å²) in [5.41, 5.74) is 8.66. The molecule has 3 heterocycles.